The van der Waals surface area contributed by atoms with Gasteiger partial charge in [0, 0.05) is 10.5 Å². The number of rotatable bonds is 2. The minimum atomic E-state index is -0.416. The average Bonchev–Trinajstić information content (AvgIpc) is 2.75. The number of nitrogen functional groups attached to an aromatic ring is 1. The van der Waals surface area contributed by atoms with Crippen molar-refractivity contribution in [3.8, 4) is 11.4 Å². The molecule has 20 heavy (non-hydrogen) atoms. The van der Waals surface area contributed by atoms with Crippen LogP contribution in [0.2, 0.25) is 0 Å². The molecule has 0 unspecified atom stereocenters. The van der Waals surface area contributed by atoms with Gasteiger partial charge in [-0.1, -0.05) is 15.9 Å². The number of benzene rings is 2. The molecule has 3 aromatic rings. The van der Waals surface area contributed by atoms with E-state index < -0.39 is 5.82 Å². The minimum Gasteiger partial charge on any atom is -0.494 e. The Hall–Kier alpha value is -2.08. The number of aromatic nitrogens is 2. The fourth-order valence-electron chi connectivity index (χ4n) is 2.13. The van der Waals surface area contributed by atoms with Gasteiger partial charge in [0.25, 0.3) is 0 Å². The molecule has 0 radical (unpaired) electrons. The Morgan fingerprint density at radius 2 is 2.05 bits per heavy atom. The number of hydrogen-bond donors (Lipinski definition) is 1. The van der Waals surface area contributed by atoms with E-state index in [1.807, 2.05) is 18.2 Å². The Bertz CT molecular complexity index is 800. The molecule has 0 fully saturated rings. The van der Waals surface area contributed by atoms with Crippen LogP contribution in [-0.2, 0) is 0 Å². The van der Waals surface area contributed by atoms with Crippen molar-refractivity contribution in [1.82, 2.24) is 9.55 Å². The maximum Gasteiger partial charge on any atom is 0.205 e. The molecular weight excluding hydrogens is 325 g/mol. The van der Waals surface area contributed by atoms with Gasteiger partial charge in [-0.05, 0) is 30.3 Å². The summed E-state index contributed by atoms with van der Waals surface area (Å²) in [5.41, 5.74) is 8.27. The van der Waals surface area contributed by atoms with E-state index in [1.165, 1.54) is 13.2 Å². The van der Waals surface area contributed by atoms with Gasteiger partial charge in [0.15, 0.2) is 11.6 Å². The normalized spacial score (nSPS) is 10.9. The van der Waals surface area contributed by atoms with Crippen LogP contribution in [0.1, 0.15) is 0 Å². The molecule has 0 amide bonds. The standard InChI is InChI=1S/C14H11BrFN3O/c1-20-13-7-9(3-4-10(13)16)19-12-6-8(15)2-5-11(12)18-14(19)17/h2-7H,1H3,(H2,17,18). The Morgan fingerprint density at radius 3 is 2.80 bits per heavy atom. The summed E-state index contributed by atoms with van der Waals surface area (Å²) in [6, 6.07) is 10.2. The smallest absolute Gasteiger partial charge is 0.205 e. The fraction of sp³-hybridized carbons (Fsp3) is 0.0714. The highest BCUT2D eigenvalue weighted by Crippen LogP contribution is 2.28. The van der Waals surface area contributed by atoms with Crippen molar-refractivity contribution in [2.24, 2.45) is 0 Å². The van der Waals surface area contributed by atoms with Gasteiger partial charge in [-0.2, -0.15) is 0 Å². The number of nitrogens with zero attached hydrogens (tertiary/aromatic N) is 2. The van der Waals surface area contributed by atoms with Crippen LogP contribution in [-0.4, -0.2) is 16.7 Å². The molecule has 0 saturated heterocycles. The maximum absolute atomic E-state index is 13.5. The van der Waals surface area contributed by atoms with Crippen molar-refractivity contribution in [2.45, 2.75) is 0 Å². The lowest BCUT2D eigenvalue weighted by Crippen LogP contribution is -2.01. The van der Waals surface area contributed by atoms with Crippen molar-refractivity contribution >= 4 is 32.9 Å². The highest BCUT2D eigenvalue weighted by Gasteiger charge is 2.12. The average molecular weight is 336 g/mol. The number of hydrogen-bond acceptors (Lipinski definition) is 3. The fourth-order valence-corrected chi connectivity index (χ4v) is 2.47. The number of ether oxygens (including phenoxy) is 1. The summed E-state index contributed by atoms with van der Waals surface area (Å²) < 4.78 is 21.2. The summed E-state index contributed by atoms with van der Waals surface area (Å²) in [7, 11) is 1.42. The second-order valence-corrected chi connectivity index (χ2v) is 5.17. The van der Waals surface area contributed by atoms with E-state index in [4.69, 9.17) is 10.5 Å². The molecule has 1 heterocycles. The van der Waals surface area contributed by atoms with E-state index in [0.717, 1.165) is 15.5 Å². The molecule has 0 aliphatic carbocycles. The van der Waals surface area contributed by atoms with Crippen LogP contribution in [0.5, 0.6) is 5.75 Å². The molecule has 2 aromatic carbocycles. The third kappa shape index (κ3) is 2.02. The minimum absolute atomic E-state index is 0.166. The van der Waals surface area contributed by atoms with E-state index >= 15 is 0 Å². The molecule has 0 bridgehead atoms. The molecule has 0 atom stereocenters. The topological polar surface area (TPSA) is 53.1 Å². The number of anilines is 1. The Morgan fingerprint density at radius 1 is 1.25 bits per heavy atom. The third-order valence-corrected chi connectivity index (χ3v) is 3.53. The molecule has 1 aromatic heterocycles. The summed E-state index contributed by atoms with van der Waals surface area (Å²) in [6.45, 7) is 0. The van der Waals surface area contributed by atoms with Gasteiger partial charge < -0.3 is 10.5 Å². The Labute approximate surface area is 123 Å². The van der Waals surface area contributed by atoms with Gasteiger partial charge >= 0.3 is 0 Å². The molecule has 2 N–H and O–H groups in total. The Kier molecular flexibility index (Phi) is 3.10. The molecule has 102 valence electrons. The number of imidazole rings is 1. The second-order valence-electron chi connectivity index (χ2n) is 4.26. The van der Waals surface area contributed by atoms with Crippen LogP contribution >= 0.6 is 15.9 Å². The monoisotopic (exact) mass is 335 g/mol. The third-order valence-electron chi connectivity index (χ3n) is 3.04. The highest BCUT2D eigenvalue weighted by molar-refractivity contribution is 9.10. The van der Waals surface area contributed by atoms with Crippen LogP contribution in [0.3, 0.4) is 0 Å². The van der Waals surface area contributed by atoms with Crippen LogP contribution in [0.25, 0.3) is 16.7 Å². The summed E-state index contributed by atoms with van der Waals surface area (Å²) in [5.74, 6) is 0.0888. The second kappa shape index (κ2) is 4.79. The number of nitrogens with two attached hydrogens (primary N) is 1. The molecule has 0 aliphatic rings. The van der Waals surface area contributed by atoms with Gasteiger partial charge in [-0.25, -0.2) is 9.37 Å². The lowest BCUT2D eigenvalue weighted by atomic mass is 10.2. The van der Waals surface area contributed by atoms with Gasteiger partial charge in [0.1, 0.15) is 0 Å². The lowest BCUT2D eigenvalue weighted by Gasteiger charge is -2.09. The van der Waals surface area contributed by atoms with Crippen molar-refractivity contribution in [1.29, 1.82) is 0 Å². The molecule has 3 rings (SSSR count). The van der Waals surface area contributed by atoms with Gasteiger partial charge in [-0.15, -0.1) is 0 Å². The maximum atomic E-state index is 13.5. The molecule has 6 heteroatoms. The Balaban J connectivity index is 2.28. The molecule has 4 nitrogen and oxygen atoms in total. The van der Waals surface area contributed by atoms with Crippen LogP contribution < -0.4 is 10.5 Å². The molecule has 0 spiro atoms. The summed E-state index contributed by atoms with van der Waals surface area (Å²) in [5, 5.41) is 0. The zero-order valence-corrected chi connectivity index (χ0v) is 12.2. The van der Waals surface area contributed by atoms with Gasteiger partial charge in [0.2, 0.25) is 5.95 Å². The first kappa shape index (κ1) is 12.9. The van der Waals surface area contributed by atoms with Crippen LogP contribution in [0.15, 0.2) is 40.9 Å². The van der Waals surface area contributed by atoms with Crippen molar-refractivity contribution in [2.75, 3.05) is 12.8 Å². The summed E-state index contributed by atoms with van der Waals surface area (Å²) in [6.07, 6.45) is 0. The first-order valence-electron chi connectivity index (χ1n) is 5.87. The van der Waals surface area contributed by atoms with Crippen molar-refractivity contribution in [3.05, 3.63) is 46.7 Å². The van der Waals surface area contributed by atoms with Crippen LogP contribution in [0, 0.1) is 5.82 Å². The molecular formula is C14H11BrFN3O. The number of methoxy groups -OCH3 is 1. The predicted octanol–water partition coefficient (Wildman–Crippen LogP) is 3.52. The van der Waals surface area contributed by atoms with E-state index in [-0.39, 0.29) is 5.75 Å². The lowest BCUT2D eigenvalue weighted by molar-refractivity contribution is 0.386. The van der Waals surface area contributed by atoms with E-state index in [1.54, 1.807) is 16.7 Å². The molecule has 0 saturated carbocycles. The van der Waals surface area contributed by atoms with Crippen molar-refractivity contribution < 1.29 is 9.13 Å². The van der Waals surface area contributed by atoms with Crippen molar-refractivity contribution in [3.63, 3.8) is 0 Å². The largest absolute Gasteiger partial charge is 0.494 e. The van der Waals surface area contributed by atoms with E-state index in [9.17, 15) is 4.39 Å². The zero-order valence-electron chi connectivity index (χ0n) is 10.6. The van der Waals surface area contributed by atoms with Crippen LogP contribution in [0.4, 0.5) is 10.3 Å². The first-order chi connectivity index (χ1) is 9.60. The van der Waals surface area contributed by atoms with E-state index in [0.29, 0.717) is 11.6 Å². The molecule has 0 aliphatic heterocycles. The van der Waals surface area contributed by atoms with Gasteiger partial charge in [-0.3, -0.25) is 4.57 Å². The zero-order chi connectivity index (χ0) is 14.3. The quantitative estimate of drug-likeness (QED) is 0.779. The summed E-state index contributed by atoms with van der Waals surface area (Å²) >= 11 is 3.42. The number of fused-ring (bicyclic) bond motifs is 1. The predicted molar refractivity (Wildman–Crippen MR) is 79.7 cm³/mol. The van der Waals surface area contributed by atoms with E-state index in [2.05, 4.69) is 20.9 Å². The SMILES string of the molecule is COc1cc(-n2c(N)nc3ccc(Br)cc32)ccc1F. The van der Waals surface area contributed by atoms with Gasteiger partial charge in [0.05, 0.1) is 23.8 Å². The summed E-state index contributed by atoms with van der Waals surface area (Å²) in [4.78, 5) is 4.29. The number of halogens is 2. The first-order valence-corrected chi connectivity index (χ1v) is 6.67. The highest BCUT2D eigenvalue weighted by atomic mass is 79.9.